The topological polar surface area (TPSA) is 36.7 Å². The summed E-state index contributed by atoms with van der Waals surface area (Å²) in [5.74, 6) is 0. The minimum absolute atomic E-state index is 0.644. The van der Waals surface area contributed by atoms with Gasteiger partial charge in [0.05, 0.1) is 17.3 Å². The Balaban J connectivity index is 2.58. The Morgan fingerprint density at radius 2 is 1.94 bits per heavy atom. The van der Waals surface area contributed by atoms with E-state index in [-0.39, 0.29) is 0 Å². The van der Waals surface area contributed by atoms with E-state index in [9.17, 15) is 0 Å². The van der Waals surface area contributed by atoms with Gasteiger partial charge >= 0.3 is 0 Å². The maximum atomic E-state index is 8.86. The van der Waals surface area contributed by atoms with Crippen LogP contribution in [0.4, 0.5) is 0 Å². The fourth-order valence-electron chi connectivity index (χ4n) is 1.66. The van der Waals surface area contributed by atoms with Crippen molar-refractivity contribution in [2.24, 2.45) is 0 Å². The molecule has 16 heavy (non-hydrogen) atoms. The minimum Gasteiger partial charge on any atom is -0.256 e. The van der Waals surface area contributed by atoms with E-state index in [0.29, 0.717) is 5.56 Å². The van der Waals surface area contributed by atoms with Crippen LogP contribution in [-0.4, -0.2) is 4.98 Å². The Kier molecular flexibility index (Phi) is 2.70. The minimum atomic E-state index is 0.644. The summed E-state index contributed by atoms with van der Waals surface area (Å²) in [5.41, 5.74) is 4.97. The van der Waals surface area contributed by atoms with Gasteiger partial charge in [-0.05, 0) is 37.6 Å². The average molecular weight is 208 g/mol. The zero-order chi connectivity index (χ0) is 11.5. The van der Waals surface area contributed by atoms with Crippen LogP contribution in [0, 0.1) is 25.2 Å². The van der Waals surface area contributed by atoms with Crippen LogP contribution in [0.3, 0.4) is 0 Å². The van der Waals surface area contributed by atoms with E-state index < -0.39 is 0 Å². The van der Waals surface area contributed by atoms with Gasteiger partial charge in [-0.2, -0.15) is 5.26 Å². The van der Waals surface area contributed by atoms with Crippen molar-refractivity contribution in [1.82, 2.24) is 4.98 Å². The summed E-state index contributed by atoms with van der Waals surface area (Å²) >= 11 is 0. The van der Waals surface area contributed by atoms with Crippen molar-refractivity contribution in [2.75, 3.05) is 0 Å². The molecule has 1 aromatic carbocycles. The highest BCUT2D eigenvalue weighted by Crippen LogP contribution is 2.23. The van der Waals surface area contributed by atoms with Gasteiger partial charge in [0.25, 0.3) is 0 Å². The summed E-state index contributed by atoms with van der Waals surface area (Å²) in [7, 11) is 0. The molecule has 2 aromatic rings. The molecular weight excluding hydrogens is 196 g/mol. The zero-order valence-corrected chi connectivity index (χ0v) is 9.36. The van der Waals surface area contributed by atoms with Gasteiger partial charge in [-0.3, -0.25) is 4.98 Å². The maximum Gasteiger partial charge on any atom is 0.0992 e. The predicted molar refractivity (Wildman–Crippen MR) is 63.9 cm³/mol. The molecule has 0 saturated heterocycles. The highest BCUT2D eigenvalue weighted by Gasteiger charge is 2.04. The standard InChI is InChI=1S/C14H12N2/c1-10-3-4-11(2)13(7-10)14-8-12(9-15)5-6-16-14/h3-8H,1-2H3. The second kappa shape index (κ2) is 4.16. The number of pyridine rings is 1. The zero-order valence-electron chi connectivity index (χ0n) is 9.36. The van der Waals surface area contributed by atoms with Crippen molar-refractivity contribution in [1.29, 1.82) is 5.26 Å². The van der Waals surface area contributed by atoms with E-state index in [0.717, 1.165) is 11.3 Å². The van der Waals surface area contributed by atoms with Crippen molar-refractivity contribution in [3.05, 3.63) is 53.2 Å². The molecule has 0 amide bonds. The quantitative estimate of drug-likeness (QED) is 0.721. The first-order valence-corrected chi connectivity index (χ1v) is 5.14. The number of hydrogen-bond donors (Lipinski definition) is 0. The highest BCUT2D eigenvalue weighted by molar-refractivity contribution is 5.65. The van der Waals surface area contributed by atoms with Gasteiger partial charge in [0.15, 0.2) is 0 Å². The first-order valence-electron chi connectivity index (χ1n) is 5.14. The monoisotopic (exact) mass is 208 g/mol. The van der Waals surface area contributed by atoms with E-state index in [1.54, 1.807) is 12.3 Å². The Bertz CT molecular complexity index is 565. The summed E-state index contributed by atoms with van der Waals surface area (Å²) in [6, 6.07) is 11.9. The molecular formula is C14H12N2. The summed E-state index contributed by atoms with van der Waals surface area (Å²) in [6.07, 6.45) is 1.68. The van der Waals surface area contributed by atoms with Crippen LogP contribution in [0.15, 0.2) is 36.5 Å². The number of hydrogen-bond acceptors (Lipinski definition) is 2. The lowest BCUT2D eigenvalue weighted by Crippen LogP contribution is -1.89. The molecule has 0 radical (unpaired) electrons. The van der Waals surface area contributed by atoms with Gasteiger partial charge in [0, 0.05) is 11.8 Å². The van der Waals surface area contributed by atoms with Crippen molar-refractivity contribution >= 4 is 0 Å². The van der Waals surface area contributed by atoms with E-state index in [1.807, 2.05) is 6.07 Å². The lowest BCUT2D eigenvalue weighted by Gasteiger charge is -2.06. The van der Waals surface area contributed by atoms with Crippen LogP contribution in [0.5, 0.6) is 0 Å². The lowest BCUT2D eigenvalue weighted by molar-refractivity contribution is 1.28. The van der Waals surface area contributed by atoms with E-state index in [1.165, 1.54) is 11.1 Å². The molecule has 0 atom stereocenters. The van der Waals surface area contributed by atoms with Crippen LogP contribution in [0.1, 0.15) is 16.7 Å². The summed E-state index contributed by atoms with van der Waals surface area (Å²) < 4.78 is 0. The molecule has 0 saturated carbocycles. The maximum absolute atomic E-state index is 8.86. The molecule has 0 aliphatic heterocycles. The number of aromatic nitrogens is 1. The third kappa shape index (κ3) is 1.94. The molecule has 0 fully saturated rings. The summed E-state index contributed by atoms with van der Waals surface area (Å²) in [4.78, 5) is 4.31. The van der Waals surface area contributed by atoms with Crippen LogP contribution in [-0.2, 0) is 0 Å². The fourth-order valence-corrected chi connectivity index (χ4v) is 1.66. The van der Waals surface area contributed by atoms with Gasteiger partial charge < -0.3 is 0 Å². The van der Waals surface area contributed by atoms with Gasteiger partial charge in [0.2, 0.25) is 0 Å². The smallest absolute Gasteiger partial charge is 0.0992 e. The third-order valence-corrected chi connectivity index (χ3v) is 2.56. The van der Waals surface area contributed by atoms with Gasteiger partial charge in [-0.1, -0.05) is 17.7 Å². The average Bonchev–Trinajstić information content (AvgIpc) is 2.32. The second-order valence-corrected chi connectivity index (χ2v) is 3.86. The number of rotatable bonds is 1. The van der Waals surface area contributed by atoms with Crippen LogP contribution >= 0.6 is 0 Å². The van der Waals surface area contributed by atoms with Gasteiger partial charge in [0.1, 0.15) is 0 Å². The SMILES string of the molecule is Cc1ccc(C)c(-c2cc(C#N)ccn2)c1. The van der Waals surface area contributed by atoms with Crippen molar-refractivity contribution in [3.63, 3.8) is 0 Å². The molecule has 2 rings (SSSR count). The Labute approximate surface area is 95.2 Å². The third-order valence-electron chi connectivity index (χ3n) is 2.56. The molecule has 0 aliphatic carbocycles. The van der Waals surface area contributed by atoms with Crippen molar-refractivity contribution in [3.8, 4) is 17.3 Å². The Morgan fingerprint density at radius 3 is 2.69 bits per heavy atom. The molecule has 0 bridgehead atoms. The van der Waals surface area contributed by atoms with Crippen molar-refractivity contribution in [2.45, 2.75) is 13.8 Å². The number of aryl methyl sites for hydroxylation is 2. The Hall–Kier alpha value is -2.14. The molecule has 78 valence electrons. The number of nitriles is 1. The summed E-state index contributed by atoms with van der Waals surface area (Å²) in [6.45, 7) is 4.10. The number of nitrogens with zero attached hydrogens (tertiary/aromatic N) is 2. The summed E-state index contributed by atoms with van der Waals surface area (Å²) in [5, 5.41) is 8.86. The van der Waals surface area contributed by atoms with Crippen LogP contribution in [0.2, 0.25) is 0 Å². The second-order valence-electron chi connectivity index (χ2n) is 3.86. The molecule has 1 aromatic heterocycles. The van der Waals surface area contributed by atoms with Crippen molar-refractivity contribution < 1.29 is 0 Å². The molecule has 2 nitrogen and oxygen atoms in total. The van der Waals surface area contributed by atoms with E-state index in [2.05, 4.69) is 43.1 Å². The fraction of sp³-hybridized carbons (Fsp3) is 0.143. The van der Waals surface area contributed by atoms with Crippen LogP contribution < -0.4 is 0 Å². The molecule has 0 unspecified atom stereocenters. The first-order chi connectivity index (χ1) is 7.70. The molecule has 1 heterocycles. The highest BCUT2D eigenvalue weighted by atomic mass is 14.7. The largest absolute Gasteiger partial charge is 0.256 e. The lowest BCUT2D eigenvalue weighted by atomic mass is 10.0. The molecule has 0 spiro atoms. The molecule has 0 aliphatic rings. The normalized spacial score (nSPS) is 9.81. The predicted octanol–water partition coefficient (Wildman–Crippen LogP) is 3.24. The number of benzene rings is 1. The van der Waals surface area contributed by atoms with Gasteiger partial charge in [-0.25, -0.2) is 0 Å². The molecule has 2 heteroatoms. The molecule has 0 N–H and O–H groups in total. The van der Waals surface area contributed by atoms with Gasteiger partial charge in [-0.15, -0.1) is 0 Å². The van der Waals surface area contributed by atoms with E-state index in [4.69, 9.17) is 5.26 Å². The Morgan fingerprint density at radius 1 is 1.12 bits per heavy atom. The van der Waals surface area contributed by atoms with Crippen LogP contribution in [0.25, 0.3) is 11.3 Å². The van der Waals surface area contributed by atoms with E-state index >= 15 is 0 Å². The first kappa shape index (κ1) is 10.4.